The average molecular weight is 218 g/mol. The Bertz CT molecular complexity index is 343. The Balaban J connectivity index is 2.58. The van der Waals surface area contributed by atoms with Gasteiger partial charge in [0.2, 0.25) is 0 Å². The van der Waals surface area contributed by atoms with Crippen LogP contribution in [0.15, 0.2) is 18.2 Å². The Hall–Kier alpha value is -1.11. The van der Waals surface area contributed by atoms with Crippen molar-refractivity contribution >= 4 is 5.78 Å². The van der Waals surface area contributed by atoms with Crippen molar-refractivity contribution in [1.29, 1.82) is 0 Å². The van der Waals surface area contributed by atoms with Gasteiger partial charge < -0.3 is 0 Å². The molecular formula is C15H22O. The van der Waals surface area contributed by atoms with Crippen molar-refractivity contribution in [1.82, 2.24) is 0 Å². The Morgan fingerprint density at radius 3 is 2.25 bits per heavy atom. The molecule has 1 rings (SSSR count). The van der Waals surface area contributed by atoms with Crippen LogP contribution >= 0.6 is 0 Å². The number of hydrogen-bond acceptors (Lipinski definition) is 1. The third-order valence-electron chi connectivity index (χ3n) is 2.93. The molecule has 16 heavy (non-hydrogen) atoms. The molecule has 0 atom stereocenters. The minimum Gasteiger partial charge on any atom is -0.300 e. The summed E-state index contributed by atoms with van der Waals surface area (Å²) in [6.07, 6.45) is 2.29. The SMILES string of the molecule is Cc1cccc(C)c1CCC(=O)CC(C)C. The number of rotatable bonds is 5. The zero-order valence-corrected chi connectivity index (χ0v) is 10.8. The molecule has 0 bridgehead atoms. The van der Waals surface area contributed by atoms with Crippen molar-refractivity contribution in [2.45, 2.75) is 47.0 Å². The zero-order valence-electron chi connectivity index (χ0n) is 10.8. The first-order valence-corrected chi connectivity index (χ1v) is 6.07. The van der Waals surface area contributed by atoms with Gasteiger partial charge in [-0.1, -0.05) is 32.0 Å². The fourth-order valence-electron chi connectivity index (χ4n) is 2.07. The topological polar surface area (TPSA) is 17.1 Å². The molecule has 0 aliphatic carbocycles. The molecule has 0 heterocycles. The number of ketones is 1. The monoisotopic (exact) mass is 218 g/mol. The van der Waals surface area contributed by atoms with Gasteiger partial charge >= 0.3 is 0 Å². The molecule has 1 nitrogen and oxygen atoms in total. The third-order valence-corrected chi connectivity index (χ3v) is 2.93. The van der Waals surface area contributed by atoms with Gasteiger partial charge in [-0.3, -0.25) is 4.79 Å². The highest BCUT2D eigenvalue weighted by molar-refractivity contribution is 5.78. The molecule has 0 saturated carbocycles. The van der Waals surface area contributed by atoms with Crippen LogP contribution in [0.2, 0.25) is 0 Å². The average Bonchev–Trinajstić information content (AvgIpc) is 2.15. The first-order valence-electron chi connectivity index (χ1n) is 6.07. The molecular weight excluding hydrogens is 196 g/mol. The molecule has 0 N–H and O–H groups in total. The van der Waals surface area contributed by atoms with Crippen LogP contribution in [0.1, 0.15) is 43.4 Å². The minimum atomic E-state index is 0.387. The maximum absolute atomic E-state index is 11.6. The van der Waals surface area contributed by atoms with Gasteiger partial charge in [0.15, 0.2) is 0 Å². The summed E-state index contributed by atoms with van der Waals surface area (Å²) in [6.45, 7) is 8.43. The van der Waals surface area contributed by atoms with Crippen molar-refractivity contribution < 1.29 is 4.79 Å². The number of Topliss-reactive ketones (excluding diaryl/α,β-unsaturated/α-hetero) is 1. The Morgan fingerprint density at radius 1 is 1.19 bits per heavy atom. The van der Waals surface area contributed by atoms with Gasteiger partial charge in [0, 0.05) is 12.8 Å². The second kappa shape index (κ2) is 5.83. The number of hydrogen-bond donors (Lipinski definition) is 0. The molecule has 0 aliphatic heterocycles. The summed E-state index contributed by atoms with van der Waals surface area (Å²) in [7, 11) is 0. The summed E-state index contributed by atoms with van der Waals surface area (Å²) in [5, 5.41) is 0. The second-order valence-corrected chi connectivity index (χ2v) is 5.01. The smallest absolute Gasteiger partial charge is 0.133 e. The fourth-order valence-corrected chi connectivity index (χ4v) is 2.07. The van der Waals surface area contributed by atoms with E-state index in [1.165, 1.54) is 16.7 Å². The summed E-state index contributed by atoms with van der Waals surface area (Å²) in [5.41, 5.74) is 3.95. The molecule has 0 aliphatic rings. The fraction of sp³-hybridized carbons (Fsp3) is 0.533. The van der Waals surface area contributed by atoms with Gasteiger partial charge in [0.25, 0.3) is 0 Å². The van der Waals surface area contributed by atoms with Crippen molar-refractivity contribution in [3.63, 3.8) is 0 Å². The molecule has 0 unspecified atom stereocenters. The van der Waals surface area contributed by atoms with Crippen LogP contribution in [0.4, 0.5) is 0 Å². The molecule has 0 amide bonds. The predicted octanol–water partition coefficient (Wildman–Crippen LogP) is 3.85. The molecule has 0 spiro atoms. The lowest BCUT2D eigenvalue weighted by Crippen LogP contribution is -2.05. The van der Waals surface area contributed by atoms with Crippen LogP contribution in [-0.2, 0) is 11.2 Å². The van der Waals surface area contributed by atoms with E-state index in [1.54, 1.807) is 0 Å². The maximum Gasteiger partial charge on any atom is 0.133 e. The molecule has 0 saturated heterocycles. The lowest BCUT2D eigenvalue weighted by atomic mass is 9.95. The number of carbonyl (C=O) groups is 1. The summed E-state index contributed by atoms with van der Waals surface area (Å²) in [5.74, 6) is 0.864. The van der Waals surface area contributed by atoms with E-state index in [0.717, 1.165) is 6.42 Å². The van der Waals surface area contributed by atoms with E-state index < -0.39 is 0 Å². The Morgan fingerprint density at radius 2 is 1.75 bits per heavy atom. The highest BCUT2D eigenvalue weighted by atomic mass is 16.1. The van der Waals surface area contributed by atoms with E-state index >= 15 is 0 Å². The quantitative estimate of drug-likeness (QED) is 0.733. The maximum atomic E-state index is 11.6. The number of aryl methyl sites for hydroxylation is 2. The zero-order chi connectivity index (χ0) is 12.1. The van der Waals surface area contributed by atoms with Gasteiger partial charge in [0.05, 0.1) is 0 Å². The van der Waals surface area contributed by atoms with Crippen molar-refractivity contribution in [3.05, 3.63) is 34.9 Å². The Labute approximate surface area is 98.9 Å². The van der Waals surface area contributed by atoms with E-state index in [9.17, 15) is 4.79 Å². The first kappa shape index (κ1) is 13.0. The van der Waals surface area contributed by atoms with Gasteiger partial charge in [-0.05, 0) is 42.9 Å². The van der Waals surface area contributed by atoms with Crippen LogP contribution in [0.5, 0.6) is 0 Å². The molecule has 0 aromatic heterocycles. The van der Waals surface area contributed by atoms with Gasteiger partial charge in [0.1, 0.15) is 5.78 Å². The minimum absolute atomic E-state index is 0.387. The molecule has 1 heteroatoms. The largest absolute Gasteiger partial charge is 0.300 e. The van der Waals surface area contributed by atoms with Gasteiger partial charge in [-0.25, -0.2) is 0 Å². The van der Waals surface area contributed by atoms with Gasteiger partial charge in [-0.2, -0.15) is 0 Å². The van der Waals surface area contributed by atoms with E-state index in [0.29, 0.717) is 24.5 Å². The summed E-state index contributed by atoms with van der Waals surface area (Å²) < 4.78 is 0. The standard InChI is InChI=1S/C15H22O/c1-11(2)10-14(16)8-9-15-12(3)6-5-7-13(15)4/h5-7,11H,8-10H2,1-4H3. The van der Waals surface area contributed by atoms with Crippen LogP contribution in [-0.4, -0.2) is 5.78 Å². The summed E-state index contributed by atoms with van der Waals surface area (Å²) >= 11 is 0. The van der Waals surface area contributed by atoms with E-state index in [2.05, 4.69) is 45.9 Å². The van der Waals surface area contributed by atoms with Crippen molar-refractivity contribution in [2.75, 3.05) is 0 Å². The van der Waals surface area contributed by atoms with Crippen LogP contribution in [0.3, 0.4) is 0 Å². The Kier molecular flexibility index (Phi) is 4.72. The lowest BCUT2D eigenvalue weighted by molar-refractivity contribution is -0.119. The van der Waals surface area contributed by atoms with E-state index in [1.807, 2.05) is 0 Å². The molecule has 0 fully saturated rings. The van der Waals surface area contributed by atoms with Crippen molar-refractivity contribution in [2.24, 2.45) is 5.92 Å². The summed E-state index contributed by atoms with van der Waals surface area (Å²) in [6, 6.07) is 6.31. The second-order valence-electron chi connectivity index (χ2n) is 5.01. The predicted molar refractivity (Wildman–Crippen MR) is 68.7 cm³/mol. The van der Waals surface area contributed by atoms with Crippen molar-refractivity contribution in [3.8, 4) is 0 Å². The molecule has 0 radical (unpaired) electrons. The highest BCUT2D eigenvalue weighted by Gasteiger charge is 2.08. The van der Waals surface area contributed by atoms with Crippen LogP contribution < -0.4 is 0 Å². The summed E-state index contributed by atoms with van der Waals surface area (Å²) in [4.78, 5) is 11.6. The number of benzene rings is 1. The molecule has 1 aromatic carbocycles. The van der Waals surface area contributed by atoms with Gasteiger partial charge in [-0.15, -0.1) is 0 Å². The lowest BCUT2D eigenvalue weighted by Gasteiger charge is -2.09. The molecule has 1 aromatic rings. The number of carbonyl (C=O) groups excluding carboxylic acids is 1. The normalized spacial score (nSPS) is 10.8. The first-order chi connectivity index (χ1) is 7.50. The molecule has 88 valence electrons. The van der Waals surface area contributed by atoms with Crippen LogP contribution in [0, 0.1) is 19.8 Å². The van der Waals surface area contributed by atoms with E-state index in [4.69, 9.17) is 0 Å². The van der Waals surface area contributed by atoms with E-state index in [-0.39, 0.29) is 0 Å². The third kappa shape index (κ3) is 3.80. The van der Waals surface area contributed by atoms with Crippen LogP contribution in [0.25, 0.3) is 0 Å². The highest BCUT2D eigenvalue weighted by Crippen LogP contribution is 2.16.